The van der Waals surface area contributed by atoms with Crippen LogP contribution >= 0.6 is 15.9 Å². The average molecular weight is 317 g/mol. The molecule has 0 saturated carbocycles. The van der Waals surface area contributed by atoms with E-state index in [-0.39, 0.29) is 0 Å². The van der Waals surface area contributed by atoms with Gasteiger partial charge < -0.3 is 15.6 Å². The fourth-order valence-corrected chi connectivity index (χ4v) is 1.80. The number of nitrogens with two attached hydrogens (primary N) is 1. The third-order valence-electron chi connectivity index (χ3n) is 2.13. The Balaban J connectivity index is 2.82. The minimum Gasteiger partial charge on any atom is -0.459 e. The number of aliphatic hydroxyl groups is 1. The van der Waals surface area contributed by atoms with Crippen LogP contribution < -0.4 is 5.73 Å². The highest BCUT2D eigenvalue weighted by Crippen LogP contribution is 2.24. The van der Waals surface area contributed by atoms with Gasteiger partial charge in [-0.2, -0.15) is 0 Å². The molecular weight excluding hydrogens is 300 g/mol. The Bertz CT molecular complexity index is 432. The molecule has 1 aromatic heterocycles. The van der Waals surface area contributed by atoms with E-state index in [1.807, 2.05) is 0 Å². The third-order valence-corrected chi connectivity index (χ3v) is 2.79. The maximum atomic E-state index is 11.7. The zero-order chi connectivity index (χ0) is 13.9. The minimum absolute atomic E-state index is 0.454. The van der Waals surface area contributed by atoms with Crippen LogP contribution in [0.5, 0.6) is 0 Å². The van der Waals surface area contributed by atoms with Crippen LogP contribution in [0.25, 0.3) is 0 Å². The van der Waals surface area contributed by atoms with Gasteiger partial charge in [-0.25, -0.2) is 4.98 Å². The van der Waals surface area contributed by atoms with E-state index in [9.17, 15) is 9.90 Å². The number of aliphatic hydroxyl groups excluding tert-OH is 1. The van der Waals surface area contributed by atoms with Crippen LogP contribution in [-0.4, -0.2) is 27.7 Å². The molecule has 1 heterocycles. The van der Waals surface area contributed by atoms with E-state index in [0.29, 0.717) is 10.2 Å². The van der Waals surface area contributed by atoms with Gasteiger partial charge in [0.2, 0.25) is 0 Å². The van der Waals surface area contributed by atoms with Gasteiger partial charge in [0.25, 0.3) is 0 Å². The predicted molar refractivity (Wildman–Crippen MR) is 70.7 cm³/mol. The number of esters is 1. The van der Waals surface area contributed by atoms with Crippen molar-refractivity contribution in [2.24, 2.45) is 5.73 Å². The zero-order valence-corrected chi connectivity index (χ0v) is 12.1. The van der Waals surface area contributed by atoms with Gasteiger partial charge in [0.05, 0.1) is 0 Å². The number of hydrogen-bond acceptors (Lipinski definition) is 5. The molecule has 1 rings (SSSR count). The molecule has 0 aliphatic heterocycles. The molecule has 5 nitrogen and oxygen atoms in total. The number of nitrogens with zero attached hydrogens (tertiary/aromatic N) is 1. The van der Waals surface area contributed by atoms with Crippen molar-refractivity contribution < 1.29 is 14.6 Å². The first-order valence-electron chi connectivity index (χ1n) is 5.49. The lowest BCUT2D eigenvalue weighted by atomic mass is 10.0. The smallest absolute Gasteiger partial charge is 0.326 e. The van der Waals surface area contributed by atoms with Crippen LogP contribution in [0.3, 0.4) is 0 Å². The molecule has 6 heteroatoms. The van der Waals surface area contributed by atoms with E-state index >= 15 is 0 Å². The maximum absolute atomic E-state index is 11.7. The molecule has 3 N–H and O–H groups in total. The number of hydrogen-bond donors (Lipinski definition) is 2. The van der Waals surface area contributed by atoms with Crippen molar-refractivity contribution in [2.75, 3.05) is 0 Å². The zero-order valence-electron chi connectivity index (χ0n) is 10.6. The van der Waals surface area contributed by atoms with Crippen molar-refractivity contribution in [3.05, 3.63) is 28.5 Å². The molecule has 100 valence electrons. The quantitative estimate of drug-likeness (QED) is 0.652. The molecular formula is C12H17BrN2O3. The second-order valence-electron chi connectivity index (χ2n) is 4.89. The Morgan fingerprint density at radius 2 is 2.17 bits per heavy atom. The first-order chi connectivity index (χ1) is 8.22. The van der Waals surface area contributed by atoms with Crippen LogP contribution in [0.2, 0.25) is 0 Å². The molecule has 1 aromatic rings. The fourth-order valence-electron chi connectivity index (χ4n) is 1.31. The van der Waals surface area contributed by atoms with E-state index in [1.54, 1.807) is 39.1 Å². The van der Waals surface area contributed by atoms with E-state index < -0.39 is 23.7 Å². The summed E-state index contributed by atoms with van der Waals surface area (Å²) in [4.78, 5) is 15.7. The van der Waals surface area contributed by atoms with Crippen LogP contribution in [0.15, 0.2) is 22.9 Å². The summed E-state index contributed by atoms with van der Waals surface area (Å²) < 4.78 is 5.58. The maximum Gasteiger partial charge on any atom is 0.326 e. The van der Waals surface area contributed by atoms with Crippen molar-refractivity contribution in [1.82, 2.24) is 4.98 Å². The Hall–Kier alpha value is -0.980. The van der Waals surface area contributed by atoms with Crippen molar-refractivity contribution in [1.29, 1.82) is 0 Å². The normalized spacial score (nSPS) is 15.0. The van der Waals surface area contributed by atoms with Gasteiger partial charge in [-0.05, 0) is 42.8 Å². The molecule has 0 radical (unpaired) electrons. The molecule has 0 aliphatic rings. The molecule has 0 amide bonds. The summed E-state index contributed by atoms with van der Waals surface area (Å²) in [6, 6.07) is 2.15. The Kier molecular flexibility index (Phi) is 4.84. The molecule has 0 bridgehead atoms. The second-order valence-corrected chi connectivity index (χ2v) is 5.64. The number of rotatable bonds is 3. The van der Waals surface area contributed by atoms with Crippen LogP contribution in [0.4, 0.5) is 0 Å². The monoisotopic (exact) mass is 316 g/mol. The highest BCUT2D eigenvalue weighted by molar-refractivity contribution is 9.10. The highest BCUT2D eigenvalue weighted by atomic mass is 79.9. The molecule has 2 atom stereocenters. The van der Waals surface area contributed by atoms with E-state index in [4.69, 9.17) is 10.5 Å². The number of ether oxygens (including phenoxy) is 1. The minimum atomic E-state index is -1.16. The van der Waals surface area contributed by atoms with Crippen LogP contribution in [-0.2, 0) is 9.53 Å². The predicted octanol–water partition coefficient (Wildman–Crippen LogP) is 1.55. The first-order valence-corrected chi connectivity index (χ1v) is 6.28. The van der Waals surface area contributed by atoms with Gasteiger partial charge in [0, 0.05) is 11.8 Å². The van der Waals surface area contributed by atoms with Crippen LogP contribution in [0, 0.1) is 0 Å². The number of aromatic nitrogens is 1. The van der Waals surface area contributed by atoms with Crippen molar-refractivity contribution in [3.8, 4) is 0 Å². The number of halogens is 1. The number of carbonyl (C=O) groups is 1. The molecule has 0 fully saturated rings. The molecule has 18 heavy (non-hydrogen) atoms. The summed E-state index contributed by atoms with van der Waals surface area (Å²) in [6.45, 7) is 5.22. The Morgan fingerprint density at radius 3 is 2.67 bits per heavy atom. The van der Waals surface area contributed by atoms with Gasteiger partial charge in [-0.3, -0.25) is 4.79 Å². The van der Waals surface area contributed by atoms with Gasteiger partial charge in [0.15, 0.2) is 0 Å². The molecule has 2 unspecified atom stereocenters. The Labute approximate surface area is 114 Å². The molecule has 0 spiro atoms. The molecule has 0 aromatic carbocycles. The van der Waals surface area contributed by atoms with Crippen molar-refractivity contribution in [3.63, 3.8) is 0 Å². The van der Waals surface area contributed by atoms with E-state index in [0.717, 1.165) is 0 Å². The highest BCUT2D eigenvalue weighted by Gasteiger charge is 2.30. The van der Waals surface area contributed by atoms with Gasteiger partial charge in [-0.1, -0.05) is 6.07 Å². The fraction of sp³-hybridized carbons (Fsp3) is 0.500. The summed E-state index contributed by atoms with van der Waals surface area (Å²) in [5, 5.41) is 10.0. The van der Waals surface area contributed by atoms with Gasteiger partial charge in [-0.15, -0.1) is 0 Å². The topological polar surface area (TPSA) is 85.4 Å². The Morgan fingerprint density at radius 1 is 1.56 bits per heavy atom. The lowest BCUT2D eigenvalue weighted by molar-refractivity contribution is -0.159. The average Bonchev–Trinajstić information content (AvgIpc) is 2.25. The first kappa shape index (κ1) is 15.1. The van der Waals surface area contributed by atoms with E-state index in [1.165, 1.54) is 0 Å². The third kappa shape index (κ3) is 4.04. The largest absolute Gasteiger partial charge is 0.459 e. The van der Waals surface area contributed by atoms with Crippen LogP contribution in [0.1, 0.15) is 32.4 Å². The van der Waals surface area contributed by atoms with Crippen molar-refractivity contribution in [2.45, 2.75) is 38.5 Å². The lowest BCUT2D eigenvalue weighted by Crippen LogP contribution is -2.41. The standard InChI is InChI=1S/C12H17BrN2O3/c1-12(2,3)18-11(17)8(14)9(16)7-5-4-6-15-10(7)13/h4-6,8-9,16H,14H2,1-3H3. The number of pyridine rings is 1. The summed E-state index contributed by atoms with van der Waals surface area (Å²) in [5.74, 6) is -0.647. The number of carbonyl (C=O) groups excluding carboxylic acids is 1. The summed E-state index contributed by atoms with van der Waals surface area (Å²) in [6.07, 6.45) is 0.405. The van der Waals surface area contributed by atoms with E-state index in [2.05, 4.69) is 20.9 Å². The second kappa shape index (κ2) is 5.77. The lowest BCUT2D eigenvalue weighted by Gasteiger charge is -2.24. The SMILES string of the molecule is CC(C)(C)OC(=O)C(N)C(O)c1cccnc1Br. The van der Waals surface area contributed by atoms with Crippen molar-refractivity contribution >= 4 is 21.9 Å². The summed E-state index contributed by atoms with van der Waals surface area (Å²) in [7, 11) is 0. The molecule has 0 saturated heterocycles. The summed E-state index contributed by atoms with van der Waals surface area (Å²) in [5.41, 5.74) is 5.51. The summed E-state index contributed by atoms with van der Waals surface area (Å²) >= 11 is 3.20. The van der Waals surface area contributed by atoms with Gasteiger partial charge >= 0.3 is 5.97 Å². The van der Waals surface area contributed by atoms with Gasteiger partial charge in [0.1, 0.15) is 22.4 Å². The molecule has 0 aliphatic carbocycles.